The van der Waals surface area contributed by atoms with Crippen LogP contribution in [-0.2, 0) is 26.8 Å². The second kappa shape index (κ2) is 8.30. The van der Waals surface area contributed by atoms with Crippen molar-refractivity contribution in [3.05, 3.63) is 59.4 Å². The quantitative estimate of drug-likeness (QED) is 0.586. The molecule has 0 saturated carbocycles. The summed E-state index contributed by atoms with van der Waals surface area (Å²) in [4.78, 5) is 17.3. The molecule has 0 spiro atoms. The van der Waals surface area contributed by atoms with Crippen molar-refractivity contribution >= 4 is 15.9 Å². The van der Waals surface area contributed by atoms with Gasteiger partial charge in [0.25, 0.3) is 10.0 Å². The minimum atomic E-state index is -4.12. The number of sulfonamides is 1. The third kappa shape index (κ3) is 4.50. The summed E-state index contributed by atoms with van der Waals surface area (Å²) >= 11 is 0. The third-order valence-electron chi connectivity index (χ3n) is 5.82. The number of amides is 1. The van der Waals surface area contributed by atoms with Crippen molar-refractivity contribution in [2.75, 3.05) is 6.61 Å². The Hall–Kier alpha value is -3.20. The minimum Gasteiger partial charge on any atom is -0.475 e. The van der Waals surface area contributed by atoms with Crippen molar-refractivity contribution in [1.29, 1.82) is 0 Å². The van der Waals surface area contributed by atoms with Gasteiger partial charge in [-0.1, -0.05) is 26.0 Å². The van der Waals surface area contributed by atoms with Crippen LogP contribution in [0, 0.1) is 6.92 Å². The van der Waals surface area contributed by atoms with Gasteiger partial charge in [0.05, 0.1) is 12.0 Å². The molecule has 1 aromatic carbocycles. The number of aryl methyl sites for hydroxylation is 1. The lowest BCUT2D eigenvalue weighted by atomic mass is 9.86. The van der Waals surface area contributed by atoms with Gasteiger partial charge in [-0.2, -0.15) is 13.5 Å². The first-order valence-corrected chi connectivity index (χ1v) is 12.3. The molecule has 4 bridgehead atoms. The standard InChI is InChI=1S/C24H28N4O4S/c1-15(2)18-7-6-16(3)23-17-8-10-25-21(12-17)32-14-24(4,5)28-11-9-22(26-28)33(30,31)27-20(29)13-19(18)23/h6-12,15H,13-14H2,1-5H3,(H,27,29). The van der Waals surface area contributed by atoms with Gasteiger partial charge in [-0.25, -0.2) is 9.71 Å². The number of fused-ring (bicyclic) bond motifs is 6. The predicted octanol–water partition coefficient (Wildman–Crippen LogP) is 3.55. The lowest BCUT2D eigenvalue weighted by molar-refractivity contribution is -0.118. The van der Waals surface area contributed by atoms with Gasteiger partial charge in [0, 0.05) is 18.5 Å². The first-order chi connectivity index (χ1) is 15.5. The van der Waals surface area contributed by atoms with E-state index < -0.39 is 21.5 Å². The first kappa shape index (κ1) is 23.0. The maximum absolute atomic E-state index is 13.0. The number of nitrogens with zero attached hydrogens (tertiary/aromatic N) is 3. The predicted molar refractivity (Wildman–Crippen MR) is 125 cm³/mol. The van der Waals surface area contributed by atoms with Gasteiger partial charge < -0.3 is 4.74 Å². The normalized spacial score (nSPS) is 17.3. The first-order valence-electron chi connectivity index (χ1n) is 10.8. The van der Waals surface area contributed by atoms with Crippen molar-refractivity contribution in [2.24, 2.45) is 0 Å². The molecule has 2 aromatic heterocycles. The van der Waals surface area contributed by atoms with Crippen LogP contribution in [0.1, 0.15) is 50.3 Å². The number of hydrogen-bond acceptors (Lipinski definition) is 6. The molecule has 3 aromatic rings. The molecule has 0 unspecified atom stereocenters. The van der Waals surface area contributed by atoms with Crippen molar-refractivity contribution in [1.82, 2.24) is 19.5 Å². The molecule has 1 N–H and O–H groups in total. The lowest BCUT2D eigenvalue weighted by Crippen LogP contribution is -2.35. The Morgan fingerprint density at radius 3 is 2.67 bits per heavy atom. The summed E-state index contributed by atoms with van der Waals surface area (Å²) < 4.78 is 35.5. The molecule has 4 rings (SSSR count). The van der Waals surface area contributed by atoms with E-state index in [0.717, 1.165) is 27.8 Å². The van der Waals surface area contributed by atoms with Crippen LogP contribution < -0.4 is 9.46 Å². The average molecular weight is 469 g/mol. The highest BCUT2D eigenvalue weighted by molar-refractivity contribution is 7.90. The summed E-state index contributed by atoms with van der Waals surface area (Å²) in [6, 6.07) is 9.12. The van der Waals surface area contributed by atoms with Crippen LogP contribution in [-0.4, -0.2) is 35.7 Å². The van der Waals surface area contributed by atoms with E-state index in [1.54, 1.807) is 12.4 Å². The van der Waals surface area contributed by atoms with Crippen LogP contribution in [0.4, 0.5) is 0 Å². The minimum absolute atomic E-state index is 0.0888. The van der Waals surface area contributed by atoms with Crippen LogP contribution in [0.5, 0.6) is 5.88 Å². The van der Waals surface area contributed by atoms with Gasteiger partial charge in [-0.15, -0.1) is 0 Å². The van der Waals surface area contributed by atoms with Crippen molar-refractivity contribution in [3.63, 3.8) is 0 Å². The summed E-state index contributed by atoms with van der Waals surface area (Å²) in [5.74, 6) is -0.0296. The van der Waals surface area contributed by atoms with Gasteiger partial charge in [0.1, 0.15) is 6.61 Å². The SMILES string of the molecule is Cc1ccc(C(C)C)c2c1-c1ccnc(c1)OCC(C)(C)n1ccc(n1)S(=O)(=O)NC(=O)C2. The Morgan fingerprint density at radius 2 is 1.94 bits per heavy atom. The summed E-state index contributed by atoms with van der Waals surface area (Å²) in [6.07, 6.45) is 3.15. The molecule has 1 aliphatic rings. The van der Waals surface area contributed by atoms with Crippen molar-refractivity contribution in [3.8, 4) is 17.0 Å². The molecule has 0 radical (unpaired) electrons. The van der Waals surface area contributed by atoms with Crippen LogP contribution in [0.3, 0.4) is 0 Å². The highest BCUT2D eigenvalue weighted by atomic mass is 32.2. The zero-order valence-corrected chi connectivity index (χ0v) is 20.2. The second-order valence-electron chi connectivity index (χ2n) is 9.27. The molecule has 33 heavy (non-hydrogen) atoms. The largest absolute Gasteiger partial charge is 0.475 e. The lowest BCUT2D eigenvalue weighted by Gasteiger charge is -2.25. The fourth-order valence-electron chi connectivity index (χ4n) is 4.06. The van der Waals surface area contributed by atoms with Gasteiger partial charge >= 0.3 is 0 Å². The summed E-state index contributed by atoms with van der Waals surface area (Å²) in [6.45, 7) is 10.0. The maximum atomic E-state index is 13.0. The number of nitrogens with one attached hydrogen (secondary N) is 1. The third-order valence-corrected chi connectivity index (χ3v) is 7.09. The topological polar surface area (TPSA) is 103 Å². The fourth-order valence-corrected chi connectivity index (χ4v) is 4.97. The number of carbonyl (C=O) groups excluding carboxylic acids is 1. The molecular weight excluding hydrogens is 440 g/mol. The zero-order chi connectivity index (χ0) is 24.0. The van der Waals surface area contributed by atoms with Crippen molar-refractivity contribution in [2.45, 2.75) is 57.5 Å². The molecular formula is C24H28N4O4S. The Morgan fingerprint density at radius 1 is 1.18 bits per heavy atom. The smallest absolute Gasteiger partial charge is 0.283 e. The van der Waals surface area contributed by atoms with Gasteiger partial charge in [-0.3, -0.25) is 9.48 Å². The molecule has 9 heteroatoms. The zero-order valence-electron chi connectivity index (χ0n) is 19.4. The van der Waals surface area contributed by atoms with Crippen LogP contribution >= 0.6 is 0 Å². The van der Waals surface area contributed by atoms with Crippen LogP contribution in [0.25, 0.3) is 11.1 Å². The number of aromatic nitrogens is 3. The summed E-state index contributed by atoms with van der Waals surface area (Å²) in [5.41, 5.74) is 3.84. The Balaban J connectivity index is 1.92. The average Bonchev–Trinajstić information content (AvgIpc) is 3.24. The molecule has 3 heterocycles. The fraction of sp³-hybridized carbons (Fsp3) is 0.375. The van der Waals surface area contributed by atoms with E-state index in [9.17, 15) is 13.2 Å². The number of rotatable bonds is 1. The molecule has 1 amide bonds. The van der Waals surface area contributed by atoms with Gasteiger partial charge in [0.15, 0.2) is 5.03 Å². The number of benzene rings is 1. The molecule has 0 saturated heterocycles. The second-order valence-corrected chi connectivity index (χ2v) is 10.9. The molecule has 0 aliphatic carbocycles. The van der Waals surface area contributed by atoms with E-state index in [4.69, 9.17) is 4.74 Å². The van der Waals surface area contributed by atoms with Gasteiger partial charge in [-0.05, 0) is 66.6 Å². The van der Waals surface area contributed by atoms with Gasteiger partial charge in [0.2, 0.25) is 11.8 Å². The Kier molecular flexibility index (Phi) is 5.78. The molecule has 0 fully saturated rings. The molecule has 8 nitrogen and oxygen atoms in total. The van der Waals surface area contributed by atoms with Crippen LogP contribution in [0.2, 0.25) is 0 Å². The summed E-state index contributed by atoms with van der Waals surface area (Å²) in [7, 11) is -4.12. The number of pyridine rings is 1. The number of hydrogen-bond donors (Lipinski definition) is 1. The van der Waals surface area contributed by atoms with E-state index in [2.05, 4.69) is 14.8 Å². The van der Waals surface area contributed by atoms with E-state index >= 15 is 0 Å². The highest BCUT2D eigenvalue weighted by Crippen LogP contribution is 2.35. The highest BCUT2D eigenvalue weighted by Gasteiger charge is 2.28. The summed E-state index contributed by atoms with van der Waals surface area (Å²) in [5, 5.41) is 3.99. The molecule has 174 valence electrons. The monoisotopic (exact) mass is 468 g/mol. The molecule has 1 aliphatic heterocycles. The van der Waals surface area contributed by atoms with E-state index in [1.807, 2.05) is 58.9 Å². The molecule has 0 atom stereocenters. The number of ether oxygens (including phenoxy) is 1. The maximum Gasteiger partial charge on any atom is 0.283 e. The Bertz CT molecular complexity index is 1330. The van der Waals surface area contributed by atoms with E-state index in [-0.39, 0.29) is 24.0 Å². The van der Waals surface area contributed by atoms with Crippen molar-refractivity contribution < 1.29 is 17.9 Å². The number of carbonyl (C=O) groups is 1. The van der Waals surface area contributed by atoms with E-state index in [1.165, 1.54) is 10.7 Å². The Labute approximate surface area is 194 Å². The van der Waals surface area contributed by atoms with E-state index in [0.29, 0.717) is 5.88 Å². The van der Waals surface area contributed by atoms with Crippen LogP contribution in [0.15, 0.2) is 47.8 Å².